The van der Waals surface area contributed by atoms with Crippen molar-refractivity contribution in [2.24, 2.45) is 5.92 Å². The molecule has 0 amide bonds. The summed E-state index contributed by atoms with van der Waals surface area (Å²) >= 11 is 0. The summed E-state index contributed by atoms with van der Waals surface area (Å²) in [6, 6.07) is 0. The van der Waals surface area contributed by atoms with Gasteiger partial charge in [-0.3, -0.25) is 0 Å². The Morgan fingerprint density at radius 3 is 0.524 bits per heavy atom. The van der Waals surface area contributed by atoms with E-state index in [0.717, 1.165) is 5.92 Å². The molecular weight excluding hydrogens is 504 g/mol. The number of rotatable bonds is 38. The summed E-state index contributed by atoms with van der Waals surface area (Å²) in [4.78, 5) is 0. The Bertz CT molecular complexity index is 439. The van der Waals surface area contributed by atoms with Crippen molar-refractivity contribution in [3.63, 3.8) is 0 Å². The molecule has 0 spiro atoms. The first kappa shape index (κ1) is 42.0. The zero-order valence-corrected chi connectivity index (χ0v) is 30.4. The van der Waals surface area contributed by atoms with Crippen molar-refractivity contribution in [3.05, 3.63) is 0 Å². The second-order valence-corrected chi connectivity index (χ2v) is 14.5. The number of unbranched alkanes of at least 4 members (excludes halogenated alkanes) is 32. The summed E-state index contributed by atoms with van der Waals surface area (Å²) in [7, 11) is 0. The first-order chi connectivity index (χ1) is 20.8. The Morgan fingerprint density at radius 1 is 0.190 bits per heavy atom. The Labute approximate surface area is 270 Å². The van der Waals surface area contributed by atoms with Crippen LogP contribution in [-0.4, -0.2) is 0 Å². The van der Waals surface area contributed by atoms with Crippen molar-refractivity contribution in [1.82, 2.24) is 0 Å². The highest BCUT2D eigenvalue weighted by Crippen LogP contribution is 2.25. The van der Waals surface area contributed by atoms with Gasteiger partial charge in [-0.15, -0.1) is 0 Å². The van der Waals surface area contributed by atoms with Crippen LogP contribution in [0.4, 0.5) is 0 Å². The topological polar surface area (TPSA) is 0 Å². The van der Waals surface area contributed by atoms with Gasteiger partial charge in [0.1, 0.15) is 0 Å². The molecule has 0 bridgehead atoms. The van der Waals surface area contributed by atoms with Gasteiger partial charge in [-0.25, -0.2) is 0 Å². The SMILES string of the molecule is CCCCCCCCCCCCCCCCCCCCCC(CCCCCC)CCCCCCCCCCCCCC. The van der Waals surface area contributed by atoms with Crippen LogP contribution in [0.15, 0.2) is 0 Å². The predicted octanol–water partition coefficient (Wildman–Crippen LogP) is 16.5. The fourth-order valence-electron chi connectivity index (χ4n) is 7.08. The van der Waals surface area contributed by atoms with Gasteiger partial charge in [-0.2, -0.15) is 0 Å². The van der Waals surface area contributed by atoms with E-state index < -0.39 is 0 Å². The zero-order valence-electron chi connectivity index (χ0n) is 30.4. The van der Waals surface area contributed by atoms with Crippen molar-refractivity contribution in [2.45, 2.75) is 265 Å². The lowest BCUT2D eigenvalue weighted by Gasteiger charge is -2.17. The Kier molecular flexibility index (Phi) is 39.0. The third-order valence-corrected chi connectivity index (χ3v) is 10.1. The maximum atomic E-state index is 2.35. The zero-order chi connectivity index (χ0) is 30.4. The maximum absolute atomic E-state index is 2.35. The van der Waals surface area contributed by atoms with Crippen LogP contribution in [0.25, 0.3) is 0 Å². The molecule has 0 aromatic carbocycles. The van der Waals surface area contributed by atoms with Gasteiger partial charge in [-0.05, 0) is 5.92 Å². The van der Waals surface area contributed by atoms with E-state index in [1.807, 2.05) is 0 Å². The average Bonchev–Trinajstić information content (AvgIpc) is 3.00. The molecule has 0 aromatic heterocycles. The fraction of sp³-hybridized carbons (Fsp3) is 1.00. The number of hydrogen-bond donors (Lipinski definition) is 0. The monoisotopic (exact) mass is 591 g/mol. The van der Waals surface area contributed by atoms with Gasteiger partial charge in [0, 0.05) is 0 Å². The molecular formula is C42H86. The van der Waals surface area contributed by atoms with Crippen LogP contribution < -0.4 is 0 Å². The summed E-state index contributed by atoms with van der Waals surface area (Å²) in [5, 5.41) is 0. The van der Waals surface area contributed by atoms with Crippen molar-refractivity contribution in [2.75, 3.05) is 0 Å². The van der Waals surface area contributed by atoms with Crippen LogP contribution in [0.1, 0.15) is 265 Å². The van der Waals surface area contributed by atoms with Crippen molar-refractivity contribution in [1.29, 1.82) is 0 Å². The lowest BCUT2D eigenvalue weighted by Crippen LogP contribution is -2.01. The highest BCUT2D eigenvalue weighted by molar-refractivity contribution is 4.62. The first-order valence-corrected chi connectivity index (χ1v) is 20.8. The van der Waals surface area contributed by atoms with E-state index in [0.29, 0.717) is 0 Å². The Morgan fingerprint density at radius 2 is 0.333 bits per heavy atom. The molecule has 0 fully saturated rings. The van der Waals surface area contributed by atoms with Gasteiger partial charge < -0.3 is 0 Å². The minimum absolute atomic E-state index is 1.04. The fourth-order valence-corrected chi connectivity index (χ4v) is 7.08. The molecule has 0 heteroatoms. The minimum Gasteiger partial charge on any atom is -0.0654 e. The molecule has 42 heavy (non-hydrogen) atoms. The lowest BCUT2D eigenvalue weighted by atomic mass is 9.89. The van der Waals surface area contributed by atoms with Crippen molar-refractivity contribution >= 4 is 0 Å². The summed E-state index contributed by atoms with van der Waals surface area (Å²) in [6.45, 7) is 6.98. The third kappa shape index (κ3) is 36.2. The molecule has 1 unspecified atom stereocenters. The van der Waals surface area contributed by atoms with E-state index >= 15 is 0 Å². The number of hydrogen-bond acceptors (Lipinski definition) is 0. The van der Waals surface area contributed by atoms with Gasteiger partial charge in [0.25, 0.3) is 0 Å². The largest absolute Gasteiger partial charge is 0.0654 e. The summed E-state index contributed by atoms with van der Waals surface area (Å²) < 4.78 is 0. The lowest BCUT2D eigenvalue weighted by molar-refractivity contribution is 0.366. The molecule has 0 N–H and O–H groups in total. The van der Waals surface area contributed by atoms with Gasteiger partial charge in [0.05, 0.1) is 0 Å². The van der Waals surface area contributed by atoms with Crippen molar-refractivity contribution < 1.29 is 0 Å². The molecule has 0 aliphatic carbocycles. The molecule has 0 aliphatic heterocycles. The van der Waals surface area contributed by atoms with Crippen LogP contribution >= 0.6 is 0 Å². The molecule has 0 heterocycles. The molecule has 0 rings (SSSR count). The molecule has 0 aliphatic rings. The van der Waals surface area contributed by atoms with Crippen LogP contribution in [0, 0.1) is 5.92 Å². The van der Waals surface area contributed by atoms with E-state index in [9.17, 15) is 0 Å². The predicted molar refractivity (Wildman–Crippen MR) is 196 cm³/mol. The van der Waals surface area contributed by atoms with Crippen LogP contribution in [0.5, 0.6) is 0 Å². The van der Waals surface area contributed by atoms with Gasteiger partial charge >= 0.3 is 0 Å². The smallest absolute Gasteiger partial charge is 0.0414 e. The van der Waals surface area contributed by atoms with E-state index in [-0.39, 0.29) is 0 Å². The second-order valence-electron chi connectivity index (χ2n) is 14.5. The Balaban J connectivity index is 3.57. The highest BCUT2D eigenvalue weighted by Gasteiger charge is 2.09. The van der Waals surface area contributed by atoms with Crippen molar-refractivity contribution in [3.8, 4) is 0 Å². The second kappa shape index (κ2) is 39.0. The molecule has 0 aromatic rings. The van der Waals surface area contributed by atoms with E-state index in [1.165, 1.54) is 244 Å². The summed E-state index contributed by atoms with van der Waals surface area (Å²) in [6.07, 6.45) is 56.3. The first-order valence-electron chi connectivity index (χ1n) is 20.8. The highest BCUT2D eigenvalue weighted by atomic mass is 14.1. The standard InChI is InChI=1S/C42H86/c1-4-7-10-13-15-17-19-21-22-23-24-25-26-27-29-31-33-35-38-41-42(39-36-12-9-6-3)40-37-34-32-30-28-20-18-16-14-11-8-5-2/h42H,4-41H2,1-3H3. The quantitative estimate of drug-likeness (QED) is 0.0627. The maximum Gasteiger partial charge on any atom is -0.0414 e. The van der Waals surface area contributed by atoms with Gasteiger partial charge in [0.2, 0.25) is 0 Å². The minimum atomic E-state index is 1.04. The molecule has 0 radical (unpaired) electrons. The Hall–Kier alpha value is 0. The van der Waals surface area contributed by atoms with Gasteiger partial charge in [-0.1, -0.05) is 265 Å². The van der Waals surface area contributed by atoms with E-state index in [2.05, 4.69) is 20.8 Å². The summed E-state index contributed by atoms with van der Waals surface area (Å²) in [5.74, 6) is 1.04. The summed E-state index contributed by atoms with van der Waals surface area (Å²) in [5.41, 5.74) is 0. The van der Waals surface area contributed by atoms with Crippen LogP contribution in [0.3, 0.4) is 0 Å². The van der Waals surface area contributed by atoms with Crippen LogP contribution in [0.2, 0.25) is 0 Å². The van der Waals surface area contributed by atoms with Gasteiger partial charge in [0.15, 0.2) is 0 Å². The van der Waals surface area contributed by atoms with E-state index in [1.54, 1.807) is 0 Å². The normalized spacial score (nSPS) is 12.4. The molecule has 0 saturated heterocycles. The molecule has 1 atom stereocenters. The average molecular weight is 591 g/mol. The van der Waals surface area contributed by atoms with Crippen LogP contribution in [-0.2, 0) is 0 Å². The molecule has 0 nitrogen and oxygen atoms in total. The molecule has 254 valence electrons. The third-order valence-electron chi connectivity index (χ3n) is 10.1. The van der Waals surface area contributed by atoms with E-state index in [4.69, 9.17) is 0 Å². The molecule has 0 saturated carbocycles.